The minimum Gasteiger partial charge on any atom is -0.351 e. The van der Waals surface area contributed by atoms with Crippen LogP contribution in [-0.2, 0) is 0 Å². The highest BCUT2D eigenvalue weighted by molar-refractivity contribution is 5.95. The fourth-order valence-corrected chi connectivity index (χ4v) is 3.91. The van der Waals surface area contributed by atoms with Gasteiger partial charge in [0.2, 0.25) is 0 Å². The standard InChI is InChI=1S/C26H32N6O/c1-3-31-15-17-32(18-16-31)14-13-28-26(33)22-5-4-6-23(19-22)29-24-11-12-27-25(30-24)21-9-7-20(2)8-10-21/h4-12,19H,3,13-18H2,1-2H3,(H,28,33)(H,27,29,30). The first-order valence-electron chi connectivity index (χ1n) is 11.6. The van der Waals surface area contributed by atoms with Crippen LogP contribution >= 0.6 is 0 Å². The highest BCUT2D eigenvalue weighted by Gasteiger charge is 2.15. The Morgan fingerprint density at radius 2 is 1.76 bits per heavy atom. The van der Waals surface area contributed by atoms with Crippen LogP contribution in [0.15, 0.2) is 60.8 Å². The van der Waals surface area contributed by atoms with Crippen molar-refractivity contribution in [2.75, 3.05) is 51.1 Å². The summed E-state index contributed by atoms with van der Waals surface area (Å²) in [4.78, 5) is 26.5. The number of anilines is 2. The van der Waals surface area contributed by atoms with Crippen LogP contribution in [0.2, 0.25) is 0 Å². The molecule has 0 bridgehead atoms. The Morgan fingerprint density at radius 3 is 2.52 bits per heavy atom. The second-order valence-corrected chi connectivity index (χ2v) is 8.37. The summed E-state index contributed by atoms with van der Waals surface area (Å²) < 4.78 is 0. The van der Waals surface area contributed by atoms with E-state index >= 15 is 0 Å². The van der Waals surface area contributed by atoms with Crippen LogP contribution in [0.4, 0.5) is 11.5 Å². The number of likely N-dealkylation sites (N-methyl/N-ethyl adjacent to an activating group) is 1. The van der Waals surface area contributed by atoms with E-state index < -0.39 is 0 Å². The maximum absolute atomic E-state index is 12.7. The summed E-state index contributed by atoms with van der Waals surface area (Å²) in [5.74, 6) is 1.28. The number of rotatable bonds is 8. The zero-order valence-corrected chi connectivity index (χ0v) is 19.4. The lowest BCUT2D eigenvalue weighted by Gasteiger charge is -2.33. The minimum absolute atomic E-state index is 0.0612. The van der Waals surface area contributed by atoms with E-state index in [9.17, 15) is 4.79 Å². The summed E-state index contributed by atoms with van der Waals surface area (Å²) in [7, 11) is 0. The van der Waals surface area contributed by atoms with E-state index in [0.29, 0.717) is 23.8 Å². The molecule has 2 aromatic carbocycles. The molecule has 7 heteroatoms. The number of hydrogen-bond acceptors (Lipinski definition) is 6. The van der Waals surface area contributed by atoms with Gasteiger partial charge in [0.25, 0.3) is 5.91 Å². The molecule has 33 heavy (non-hydrogen) atoms. The Hall–Kier alpha value is -3.29. The molecule has 0 radical (unpaired) electrons. The normalized spacial score (nSPS) is 14.7. The smallest absolute Gasteiger partial charge is 0.251 e. The van der Waals surface area contributed by atoms with Gasteiger partial charge in [0.15, 0.2) is 5.82 Å². The van der Waals surface area contributed by atoms with Crippen molar-refractivity contribution in [3.05, 3.63) is 71.9 Å². The van der Waals surface area contributed by atoms with E-state index in [2.05, 4.69) is 44.2 Å². The number of benzene rings is 2. The highest BCUT2D eigenvalue weighted by atomic mass is 16.1. The number of piperazine rings is 1. The van der Waals surface area contributed by atoms with Crippen LogP contribution < -0.4 is 10.6 Å². The molecular formula is C26H32N6O. The SMILES string of the molecule is CCN1CCN(CCNC(=O)c2cccc(Nc3ccnc(-c4ccc(C)cc4)n3)c2)CC1. The molecule has 0 atom stereocenters. The van der Waals surface area contributed by atoms with Crippen LogP contribution in [0, 0.1) is 6.92 Å². The number of nitrogens with one attached hydrogen (secondary N) is 2. The van der Waals surface area contributed by atoms with Crippen molar-refractivity contribution >= 4 is 17.4 Å². The Morgan fingerprint density at radius 1 is 1.00 bits per heavy atom. The lowest BCUT2D eigenvalue weighted by molar-refractivity contribution is 0.0938. The van der Waals surface area contributed by atoms with E-state index in [4.69, 9.17) is 0 Å². The third kappa shape index (κ3) is 6.37. The third-order valence-electron chi connectivity index (χ3n) is 5.99. The monoisotopic (exact) mass is 444 g/mol. The molecule has 1 aliphatic rings. The topological polar surface area (TPSA) is 73.4 Å². The fourth-order valence-electron chi connectivity index (χ4n) is 3.91. The predicted octanol–water partition coefficient (Wildman–Crippen LogP) is 3.56. The van der Waals surface area contributed by atoms with E-state index in [0.717, 1.165) is 50.5 Å². The van der Waals surface area contributed by atoms with Gasteiger partial charge in [0.1, 0.15) is 5.82 Å². The van der Waals surface area contributed by atoms with Gasteiger partial charge in [-0.15, -0.1) is 0 Å². The second kappa shape index (κ2) is 11.0. The van der Waals surface area contributed by atoms with Crippen LogP contribution in [0.5, 0.6) is 0 Å². The number of carbonyl (C=O) groups excluding carboxylic acids is 1. The van der Waals surface area contributed by atoms with Crippen molar-refractivity contribution in [2.45, 2.75) is 13.8 Å². The zero-order valence-electron chi connectivity index (χ0n) is 19.4. The quantitative estimate of drug-likeness (QED) is 0.554. The molecular weight excluding hydrogens is 412 g/mol. The van der Waals surface area contributed by atoms with Gasteiger partial charge in [0.05, 0.1) is 0 Å². The average molecular weight is 445 g/mol. The fraction of sp³-hybridized carbons (Fsp3) is 0.346. The molecule has 7 nitrogen and oxygen atoms in total. The first-order chi connectivity index (χ1) is 16.1. The minimum atomic E-state index is -0.0612. The molecule has 0 saturated carbocycles. The largest absolute Gasteiger partial charge is 0.351 e. The lowest BCUT2D eigenvalue weighted by atomic mass is 10.1. The van der Waals surface area contributed by atoms with Crippen LogP contribution in [0.3, 0.4) is 0 Å². The number of aromatic nitrogens is 2. The van der Waals surface area contributed by atoms with Crippen LogP contribution in [-0.4, -0.2) is 71.5 Å². The van der Waals surface area contributed by atoms with Crippen molar-refractivity contribution in [1.82, 2.24) is 25.1 Å². The van der Waals surface area contributed by atoms with Gasteiger partial charge < -0.3 is 15.5 Å². The number of aryl methyl sites for hydroxylation is 1. The molecule has 0 unspecified atom stereocenters. The molecule has 1 amide bonds. The van der Waals surface area contributed by atoms with Crippen molar-refractivity contribution in [2.24, 2.45) is 0 Å². The van der Waals surface area contributed by atoms with Crippen molar-refractivity contribution in [1.29, 1.82) is 0 Å². The summed E-state index contributed by atoms with van der Waals surface area (Å²) in [6, 6.07) is 17.4. The summed E-state index contributed by atoms with van der Waals surface area (Å²) in [6.45, 7) is 11.2. The van der Waals surface area contributed by atoms with Crippen molar-refractivity contribution in [3.63, 3.8) is 0 Å². The van der Waals surface area contributed by atoms with Gasteiger partial charge in [-0.25, -0.2) is 9.97 Å². The Bertz CT molecular complexity index is 1060. The first-order valence-corrected chi connectivity index (χ1v) is 11.6. The van der Waals surface area contributed by atoms with Crippen molar-refractivity contribution < 1.29 is 4.79 Å². The zero-order chi connectivity index (χ0) is 23.0. The summed E-state index contributed by atoms with van der Waals surface area (Å²) >= 11 is 0. The van der Waals surface area contributed by atoms with E-state index in [1.807, 2.05) is 54.6 Å². The number of amides is 1. The van der Waals surface area contributed by atoms with Gasteiger partial charge in [0, 0.05) is 62.3 Å². The average Bonchev–Trinajstić information content (AvgIpc) is 2.85. The third-order valence-corrected chi connectivity index (χ3v) is 5.99. The van der Waals surface area contributed by atoms with Crippen molar-refractivity contribution in [3.8, 4) is 11.4 Å². The maximum Gasteiger partial charge on any atom is 0.251 e. The maximum atomic E-state index is 12.7. The molecule has 3 aromatic rings. The Kier molecular flexibility index (Phi) is 7.65. The highest BCUT2D eigenvalue weighted by Crippen LogP contribution is 2.20. The summed E-state index contributed by atoms with van der Waals surface area (Å²) in [5.41, 5.74) is 3.60. The number of nitrogens with zero attached hydrogens (tertiary/aromatic N) is 4. The van der Waals surface area contributed by atoms with Crippen LogP contribution in [0.1, 0.15) is 22.8 Å². The number of hydrogen-bond donors (Lipinski definition) is 2. The Balaban J connectivity index is 1.33. The van der Waals surface area contributed by atoms with E-state index in [1.54, 1.807) is 6.20 Å². The molecule has 0 aliphatic carbocycles. The second-order valence-electron chi connectivity index (χ2n) is 8.37. The first kappa shape index (κ1) is 22.9. The molecule has 1 aromatic heterocycles. The van der Waals surface area contributed by atoms with E-state index in [1.165, 1.54) is 5.56 Å². The Labute approximate surface area is 195 Å². The van der Waals surface area contributed by atoms with Gasteiger partial charge in [-0.2, -0.15) is 0 Å². The summed E-state index contributed by atoms with van der Waals surface area (Å²) in [6.07, 6.45) is 1.74. The molecule has 1 aliphatic heterocycles. The molecule has 1 saturated heterocycles. The van der Waals surface area contributed by atoms with E-state index in [-0.39, 0.29) is 5.91 Å². The van der Waals surface area contributed by atoms with Gasteiger partial charge in [-0.05, 0) is 37.7 Å². The molecule has 2 heterocycles. The van der Waals surface area contributed by atoms with Gasteiger partial charge in [-0.1, -0.05) is 42.8 Å². The summed E-state index contributed by atoms with van der Waals surface area (Å²) in [5, 5.41) is 6.34. The predicted molar refractivity (Wildman–Crippen MR) is 133 cm³/mol. The molecule has 1 fully saturated rings. The lowest BCUT2D eigenvalue weighted by Crippen LogP contribution is -2.48. The number of carbonyl (C=O) groups is 1. The molecule has 4 rings (SSSR count). The van der Waals surface area contributed by atoms with Gasteiger partial charge >= 0.3 is 0 Å². The molecule has 2 N–H and O–H groups in total. The van der Waals surface area contributed by atoms with Crippen LogP contribution in [0.25, 0.3) is 11.4 Å². The van der Waals surface area contributed by atoms with Gasteiger partial charge in [-0.3, -0.25) is 9.69 Å². The molecule has 0 spiro atoms. The molecule has 172 valence electrons.